The van der Waals surface area contributed by atoms with E-state index in [1.807, 2.05) is 36.4 Å². The van der Waals surface area contributed by atoms with Crippen LogP contribution in [0.15, 0.2) is 60.8 Å². The number of pyridine rings is 2. The molecule has 5 rings (SSSR count). The average Bonchev–Trinajstić information content (AvgIpc) is 3.20. The molecule has 1 aliphatic rings. The number of halogens is 1. The summed E-state index contributed by atoms with van der Waals surface area (Å²) in [7, 11) is 0. The monoisotopic (exact) mass is 401 g/mol. The first-order valence-corrected chi connectivity index (χ1v) is 10.3. The van der Waals surface area contributed by atoms with E-state index in [2.05, 4.69) is 23.1 Å². The summed E-state index contributed by atoms with van der Waals surface area (Å²) in [5, 5.41) is 5.45. The van der Waals surface area contributed by atoms with Crippen molar-refractivity contribution in [3.63, 3.8) is 0 Å². The third-order valence-corrected chi connectivity index (χ3v) is 6.35. The first kappa shape index (κ1) is 18.9. The first-order valence-electron chi connectivity index (χ1n) is 10.3. The maximum absolute atomic E-state index is 13.1. The lowest BCUT2D eigenvalue weighted by molar-refractivity contribution is 0.117. The molecule has 0 aliphatic heterocycles. The minimum absolute atomic E-state index is 0.0619. The molecule has 152 valence electrons. The fraction of sp³-hybridized carbons (Fsp3) is 0.292. The van der Waals surface area contributed by atoms with Crippen LogP contribution in [-0.2, 0) is 6.67 Å². The van der Waals surface area contributed by atoms with E-state index >= 15 is 0 Å². The highest BCUT2D eigenvalue weighted by atomic mass is 19.1. The number of benzene rings is 1. The van der Waals surface area contributed by atoms with E-state index in [-0.39, 0.29) is 11.5 Å². The van der Waals surface area contributed by atoms with Gasteiger partial charge in [0.1, 0.15) is 6.67 Å². The summed E-state index contributed by atoms with van der Waals surface area (Å²) in [4.78, 5) is 9.25. The van der Waals surface area contributed by atoms with E-state index in [0.717, 1.165) is 40.7 Å². The number of fused-ring (bicyclic) bond motifs is 1. The van der Waals surface area contributed by atoms with Gasteiger partial charge in [0.25, 0.3) is 0 Å². The Balaban J connectivity index is 1.55. The van der Waals surface area contributed by atoms with Gasteiger partial charge in [-0.1, -0.05) is 37.6 Å². The molecule has 1 aromatic carbocycles. The quantitative estimate of drug-likeness (QED) is 0.503. The van der Waals surface area contributed by atoms with Crippen molar-refractivity contribution in [2.75, 3.05) is 0 Å². The highest BCUT2D eigenvalue weighted by Gasteiger charge is 2.39. The van der Waals surface area contributed by atoms with Gasteiger partial charge in [-0.25, -0.2) is 14.1 Å². The van der Waals surface area contributed by atoms with E-state index in [1.54, 1.807) is 23.0 Å². The molecule has 1 aliphatic carbocycles. The molecular formula is C24H24FN5. The number of hydrogen-bond donors (Lipinski definition) is 1. The van der Waals surface area contributed by atoms with Crippen molar-refractivity contribution in [1.82, 2.24) is 19.7 Å². The summed E-state index contributed by atoms with van der Waals surface area (Å²) in [6, 6.07) is 17.4. The number of rotatable bonds is 5. The van der Waals surface area contributed by atoms with E-state index in [1.165, 1.54) is 6.42 Å². The van der Waals surface area contributed by atoms with Gasteiger partial charge in [-0.2, -0.15) is 5.10 Å². The zero-order chi connectivity index (χ0) is 20.7. The minimum Gasteiger partial charge on any atom is -0.322 e. The lowest BCUT2D eigenvalue weighted by Gasteiger charge is -2.43. The van der Waals surface area contributed by atoms with Crippen LogP contribution in [0.4, 0.5) is 4.39 Å². The Morgan fingerprint density at radius 2 is 1.93 bits per heavy atom. The Kier molecular flexibility index (Phi) is 4.59. The fourth-order valence-electron chi connectivity index (χ4n) is 4.21. The minimum atomic E-state index is -0.603. The Morgan fingerprint density at radius 1 is 1.10 bits per heavy atom. The molecule has 0 saturated heterocycles. The highest BCUT2D eigenvalue weighted by Crippen LogP contribution is 2.48. The SMILES string of the molecule is CC1(C(N)c2cccc(-c3ccc4cnn(-c5cccc(CF)n5)c4c3)n2)CCC1. The summed E-state index contributed by atoms with van der Waals surface area (Å²) in [6.45, 7) is 1.65. The molecule has 0 radical (unpaired) electrons. The van der Waals surface area contributed by atoms with E-state index in [9.17, 15) is 4.39 Å². The summed E-state index contributed by atoms with van der Waals surface area (Å²) in [6.07, 6.45) is 5.33. The second-order valence-electron chi connectivity index (χ2n) is 8.38. The molecule has 5 nitrogen and oxygen atoms in total. The molecule has 1 saturated carbocycles. The third kappa shape index (κ3) is 3.17. The molecule has 0 spiro atoms. The van der Waals surface area contributed by atoms with Gasteiger partial charge in [-0.15, -0.1) is 0 Å². The Labute approximate surface area is 174 Å². The van der Waals surface area contributed by atoms with Gasteiger partial charge in [-0.3, -0.25) is 4.98 Å². The van der Waals surface area contributed by atoms with E-state index in [0.29, 0.717) is 11.5 Å². The van der Waals surface area contributed by atoms with Crippen molar-refractivity contribution < 1.29 is 4.39 Å². The second kappa shape index (κ2) is 7.29. The van der Waals surface area contributed by atoms with Crippen LogP contribution in [0.3, 0.4) is 0 Å². The van der Waals surface area contributed by atoms with Gasteiger partial charge in [-0.05, 0) is 48.6 Å². The van der Waals surface area contributed by atoms with Crippen molar-refractivity contribution in [2.45, 2.75) is 38.9 Å². The molecule has 2 N–H and O–H groups in total. The smallest absolute Gasteiger partial charge is 0.154 e. The molecule has 0 bridgehead atoms. The number of aromatic nitrogens is 4. The van der Waals surface area contributed by atoms with E-state index in [4.69, 9.17) is 10.7 Å². The number of nitrogens with zero attached hydrogens (tertiary/aromatic N) is 4. The normalized spacial score (nSPS) is 16.4. The molecular weight excluding hydrogens is 377 g/mol. The Bertz CT molecular complexity index is 1210. The lowest BCUT2D eigenvalue weighted by atomic mass is 9.65. The van der Waals surface area contributed by atoms with Crippen molar-refractivity contribution >= 4 is 10.9 Å². The maximum atomic E-state index is 13.1. The number of nitrogens with two attached hydrogens (primary N) is 1. The molecule has 6 heteroatoms. The largest absolute Gasteiger partial charge is 0.322 e. The zero-order valence-corrected chi connectivity index (χ0v) is 16.9. The Hall–Kier alpha value is -3.12. The second-order valence-corrected chi connectivity index (χ2v) is 8.38. The van der Waals surface area contributed by atoms with Gasteiger partial charge in [0.05, 0.1) is 34.8 Å². The molecule has 30 heavy (non-hydrogen) atoms. The fourth-order valence-corrected chi connectivity index (χ4v) is 4.21. The average molecular weight is 401 g/mol. The van der Waals surface area contributed by atoms with Crippen molar-refractivity contribution in [1.29, 1.82) is 0 Å². The number of alkyl halides is 1. The highest BCUT2D eigenvalue weighted by molar-refractivity contribution is 5.84. The van der Waals surface area contributed by atoms with Crippen LogP contribution in [-0.4, -0.2) is 19.7 Å². The molecule has 1 unspecified atom stereocenters. The summed E-state index contributed by atoms with van der Waals surface area (Å²) >= 11 is 0. The lowest BCUT2D eigenvalue weighted by Crippen LogP contribution is -2.38. The number of hydrogen-bond acceptors (Lipinski definition) is 4. The summed E-state index contributed by atoms with van der Waals surface area (Å²) in [5.41, 5.74) is 10.8. The first-order chi connectivity index (χ1) is 14.6. The summed E-state index contributed by atoms with van der Waals surface area (Å²) < 4.78 is 14.8. The Morgan fingerprint density at radius 3 is 2.70 bits per heavy atom. The van der Waals surface area contributed by atoms with E-state index < -0.39 is 6.67 Å². The predicted molar refractivity (Wildman–Crippen MR) is 116 cm³/mol. The van der Waals surface area contributed by atoms with Gasteiger partial charge in [0.2, 0.25) is 0 Å². The van der Waals surface area contributed by atoms with Crippen LogP contribution >= 0.6 is 0 Å². The third-order valence-electron chi connectivity index (χ3n) is 6.35. The van der Waals surface area contributed by atoms with Crippen LogP contribution in [0, 0.1) is 5.41 Å². The van der Waals surface area contributed by atoms with Crippen LogP contribution in [0.25, 0.3) is 28.0 Å². The van der Waals surface area contributed by atoms with Gasteiger partial charge in [0.15, 0.2) is 5.82 Å². The van der Waals surface area contributed by atoms with Crippen LogP contribution < -0.4 is 5.73 Å². The van der Waals surface area contributed by atoms with Crippen LogP contribution in [0.1, 0.15) is 43.6 Å². The van der Waals surface area contributed by atoms with Crippen LogP contribution in [0.2, 0.25) is 0 Å². The summed E-state index contributed by atoms with van der Waals surface area (Å²) in [5.74, 6) is 0.596. The zero-order valence-electron chi connectivity index (χ0n) is 16.9. The topological polar surface area (TPSA) is 69.6 Å². The maximum Gasteiger partial charge on any atom is 0.154 e. The predicted octanol–water partition coefficient (Wildman–Crippen LogP) is 5.14. The molecule has 1 atom stereocenters. The van der Waals surface area contributed by atoms with Gasteiger partial charge < -0.3 is 5.73 Å². The molecule has 0 amide bonds. The van der Waals surface area contributed by atoms with Crippen molar-refractivity contribution in [3.05, 3.63) is 72.2 Å². The van der Waals surface area contributed by atoms with Gasteiger partial charge >= 0.3 is 0 Å². The molecule has 1 fully saturated rings. The van der Waals surface area contributed by atoms with Gasteiger partial charge in [0, 0.05) is 10.9 Å². The molecule has 3 heterocycles. The van der Waals surface area contributed by atoms with Crippen LogP contribution in [0.5, 0.6) is 0 Å². The molecule has 4 aromatic rings. The molecule has 3 aromatic heterocycles. The van der Waals surface area contributed by atoms with Crippen molar-refractivity contribution in [2.24, 2.45) is 11.1 Å². The standard InChI is InChI=1S/C24H24FN5/c1-24(11-4-12-24)23(26)20-7-3-6-19(29-20)16-9-10-17-15-27-30(21(17)13-16)22-8-2-5-18(14-25)28-22/h2-3,5-10,13,15,23H,4,11-12,14,26H2,1H3. The van der Waals surface area contributed by atoms with Crippen molar-refractivity contribution in [3.8, 4) is 17.1 Å².